The number of aliphatic hydroxyl groups excluding tert-OH is 5. The summed E-state index contributed by atoms with van der Waals surface area (Å²) in [6.07, 6.45) is 34.1. The standard InChI is InChI=1S/C22H29N2.2C18H23N2.4C10H18O2.C7H7.C5H8O2.3Cr/c1-2-3-17-23-22(19-13-8-5-9-14-19)21-16-10-15-20(24-21)18-11-6-4-7-12-18;2*1-4-5-14-18(20(2)3)17-13-9-12-16(19-17)15-10-7-6-8-11-15;4*1-4-5-6-7-10(8(2)11)9(3)12;1-7-5-3-2-4-6-7;1-4(6)3-5(2)7;;;/h4,6-7,10-11,15-16,19,22-23H,2-3,5,8-9,13-14,17H2,1H3;2*6-10,12-13,18H,4-5,14H2,1-3H3;4*11H,4-7H2,1-3H3;2-6H,1H2;3,6H,1-2H3;;;/q3*-1;;;;;-1;;;;/p+5. The number of aromatic nitrogens is 3. The van der Waals surface area contributed by atoms with E-state index in [1.807, 2.05) is 78.9 Å². The number of aliphatic hydroxyl groups is 5. The fourth-order valence-corrected chi connectivity index (χ4v) is 14.0. The minimum absolute atomic E-state index is 0. The van der Waals surface area contributed by atoms with E-state index in [4.69, 9.17) is 24.9 Å². The molecule has 19 heteroatoms. The average molecular weight is 1890 g/mol. The number of nitrogens with one attached hydrogen (secondary N) is 1. The van der Waals surface area contributed by atoms with Gasteiger partial charge in [0.25, 0.3) is 0 Å². The number of pyridine rings is 3. The van der Waals surface area contributed by atoms with Crippen molar-refractivity contribution in [2.45, 2.75) is 322 Å². The number of nitrogens with zero attached hydrogens (tertiary/aromatic N) is 5. The van der Waals surface area contributed by atoms with Gasteiger partial charge in [0.1, 0.15) is 23.0 Å². The van der Waals surface area contributed by atoms with Gasteiger partial charge in [0.2, 0.25) is 0 Å². The van der Waals surface area contributed by atoms with Gasteiger partial charge in [0, 0.05) is 69.2 Å². The van der Waals surface area contributed by atoms with Crippen LogP contribution in [0.4, 0.5) is 0 Å². The molecule has 0 spiro atoms. The summed E-state index contributed by atoms with van der Waals surface area (Å²) < 4.78 is 0. The molecule has 0 radical (unpaired) electrons. The number of hydrogen-bond acceptors (Lipinski definition) is 11. The number of benzene rings is 4. The van der Waals surface area contributed by atoms with Gasteiger partial charge < -0.3 is 40.6 Å². The third kappa shape index (κ3) is 59.7. The Kier molecular flexibility index (Phi) is 78.2. The van der Waals surface area contributed by atoms with Crippen LogP contribution in [0.5, 0.6) is 0 Å². The molecule has 0 saturated heterocycles. The molecule has 0 amide bonds. The van der Waals surface area contributed by atoms with Gasteiger partial charge in [-0.05, 0) is 194 Å². The summed E-state index contributed by atoms with van der Waals surface area (Å²) >= 11 is 0. The first-order valence-corrected chi connectivity index (χ1v) is 46.5. The Morgan fingerprint density at radius 3 is 0.915 bits per heavy atom. The summed E-state index contributed by atoms with van der Waals surface area (Å²) in [5.41, 5.74) is 13.6. The zero-order chi connectivity index (χ0) is 94.6. The quantitative estimate of drug-likeness (QED) is 0.00691. The van der Waals surface area contributed by atoms with Gasteiger partial charge in [-0.15, -0.1) is 120 Å². The molecule has 1 aliphatic rings. The van der Waals surface area contributed by atoms with Crippen LogP contribution in [0.2, 0.25) is 0 Å². The van der Waals surface area contributed by atoms with Crippen LogP contribution >= 0.6 is 0 Å². The summed E-state index contributed by atoms with van der Waals surface area (Å²) in [6.45, 7) is 35.9. The molecule has 1 aliphatic carbocycles. The molecule has 0 bridgehead atoms. The summed E-state index contributed by atoms with van der Waals surface area (Å²) in [5, 5.41) is 48.9. The Balaban J connectivity index is -0.000000697. The maximum absolute atomic E-state index is 9.18. The van der Waals surface area contributed by atoms with Crippen molar-refractivity contribution in [3.8, 4) is 33.8 Å². The van der Waals surface area contributed by atoms with Gasteiger partial charge >= 0.3 is 28.9 Å². The minimum atomic E-state index is 0. The topological polar surface area (TPSA) is 265 Å². The molecule has 11 N–H and O–H groups in total. The summed E-state index contributed by atoms with van der Waals surface area (Å²) in [6, 6.07) is 64.0. The summed E-state index contributed by atoms with van der Waals surface area (Å²) in [7, 11) is 8.51. The number of rotatable bonds is 40. The monoisotopic (exact) mass is 1890 g/mol. The normalized spacial score (nSPS) is 12.8. The first-order valence-electron chi connectivity index (χ1n) is 46.5. The van der Waals surface area contributed by atoms with E-state index in [0.29, 0.717) is 40.4 Å². The average Bonchev–Trinajstić information content (AvgIpc) is 0.821. The third-order valence-electron chi connectivity index (χ3n) is 21.1. The zero-order valence-corrected chi connectivity index (χ0v) is 86.6. The Labute approximate surface area is 813 Å². The van der Waals surface area contributed by atoms with Crippen molar-refractivity contribution in [1.82, 2.24) is 30.1 Å². The predicted octanol–water partition coefficient (Wildman–Crippen LogP) is 29.0. The van der Waals surface area contributed by atoms with Crippen LogP contribution in [-0.2, 0) is 52.1 Å². The second-order valence-electron chi connectivity index (χ2n) is 32.9. The smallest absolute Gasteiger partial charge is 0.319 e. The molecular formula is C110H167Cr3N6O10+. The number of ketones is 5. The van der Waals surface area contributed by atoms with Crippen molar-refractivity contribution in [1.29, 1.82) is 0 Å². The summed E-state index contributed by atoms with van der Waals surface area (Å²) in [5.74, 6) is 2.90. The van der Waals surface area contributed by atoms with Crippen molar-refractivity contribution in [3.05, 3.63) is 263 Å². The molecule has 3 unspecified atom stereocenters. The van der Waals surface area contributed by atoms with Crippen molar-refractivity contribution in [3.63, 3.8) is 0 Å². The third-order valence-corrected chi connectivity index (χ3v) is 21.1. The number of carbonyl (C=O) groups excluding carboxylic acids is 5. The fourth-order valence-electron chi connectivity index (χ4n) is 14.0. The molecule has 16 nitrogen and oxygen atoms in total. The van der Waals surface area contributed by atoms with Crippen LogP contribution in [0.25, 0.3) is 33.8 Å². The van der Waals surface area contributed by atoms with Gasteiger partial charge in [-0.3, -0.25) is 38.9 Å². The number of allylic oxidation sites excluding steroid dienone is 10. The largest absolute Gasteiger partial charge is 0.512 e. The van der Waals surface area contributed by atoms with Crippen LogP contribution in [0.1, 0.15) is 345 Å². The molecule has 3 aromatic heterocycles. The van der Waals surface area contributed by atoms with Gasteiger partial charge in [0.05, 0.1) is 86.9 Å². The van der Waals surface area contributed by atoms with Gasteiger partial charge in [-0.1, -0.05) is 194 Å². The van der Waals surface area contributed by atoms with Gasteiger partial charge in [0.15, 0.2) is 0 Å². The van der Waals surface area contributed by atoms with E-state index in [2.05, 4.69) is 196 Å². The maximum Gasteiger partial charge on any atom is 0.319 e. The minimum Gasteiger partial charge on any atom is -0.512 e. The molecule has 1 saturated carbocycles. The Bertz CT molecular complexity index is 3970. The first-order chi connectivity index (χ1) is 60.2. The molecule has 7 aromatic rings. The second-order valence-corrected chi connectivity index (χ2v) is 32.9. The number of hydrogen-bond donors (Lipinski definition) is 6. The van der Waals surface area contributed by atoms with E-state index < -0.39 is 0 Å². The van der Waals surface area contributed by atoms with Gasteiger partial charge in [-0.25, -0.2) is 0 Å². The van der Waals surface area contributed by atoms with E-state index in [1.165, 1.54) is 96.2 Å². The zero-order valence-electron chi connectivity index (χ0n) is 82.8. The van der Waals surface area contributed by atoms with Crippen LogP contribution in [-0.4, -0.2) is 138 Å². The molecule has 8 rings (SSSR count). The Hall–Kier alpha value is -8.27. The van der Waals surface area contributed by atoms with Crippen molar-refractivity contribution in [2.75, 3.05) is 34.7 Å². The Morgan fingerprint density at radius 1 is 0.388 bits per heavy atom. The van der Waals surface area contributed by atoms with Crippen LogP contribution in [0, 0.1) is 31.0 Å². The van der Waals surface area contributed by atoms with Crippen LogP contribution in [0.3, 0.4) is 0 Å². The molecule has 1 fully saturated rings. The van der Waals surface area contributed by atoms with Crippen molar-refractivity contribution >= 4 is 28.9 Å². The molecule has 4 aromatic carbocycles. The molecule has 714 valence electrons. The predicted molar refractivity (Wildman–Crippen MR) is 538 cm³/mol. The maximum atomic E-state index is 9.18. The Morgan fingerprint density at radius 2 is 0.682 bits per heavy atom. The van der Waals surface area contributed by atoms with Crippen LogP contribution < -0.4 is 5.32 Å². The second kappa shape index (κ2) is 79.5. The molecular weight excluding hydrogens is 1720 g/mol. The summed E-state index contributed by atoms with van der Waals surface area (Å²) in [4.78, 5) is 64.3. The molecule has 129 heavy (non-hydrogen) atoms. The molecule has 3 heterocycles. The van der Waals surface area contributed by atoms with E-state index in [9.17, 15) is 39.6 Å². The van der Waals surface area contributed by atoms with E-state index in [1.54, 1.807) is 55.4 Å². The van der Waals surface area contributed by atoms with Gasteiger partial charge in [-0.2, -0.15) is 24.6 Å². The SMILES string of the molecule is CC(=[OH+])C=C(C)O.CCCCC(c1cccc(-c2[c-]cccc2)n1)N(C)C.CCCCC(c1cccc(-c2[c-]cccc2)n1)N(C)C.CCCCCC(C(C)=[OH+])=C(C)O.CCCCCC(C(C)=[OH+])=C(C)O.CCCCCC(C(C)=[OH+])=C(C)O.CCCCCC(C(C)=[OH+])=C(C)O.CCCCNC(c1cccc(-c2[c-]cccc2)n1)C1CCCCC1.[CH2-]c1ccccc1.[Cr].[Cr].[Cr]. The van der Waals surface area contributed by atoms with E-state index in [0.717, 1.165) is 179 Å². The van der Waals surface area contributed by atoms with Crippen molar-refractivity contribution in [2.24, 2.45) is 5.92 Å². The van der Waals surface area contributed by atoms with Crippen LogP contribution in [0.15, 0.2) is 215 Å². The molecule has 3 atom stereocenters. The first kappa shape index (κ1) is 127. The fraction of sp³-hybridized carbons (Fsp3) is 0.500. The van der Waals surface area contributed by atoms with E-state index in [-0.39, 0.29) is 110 Å². The van der Waals surface area contributed by atoms with E-state index >= 15 is 0 Å². The number of unbranched alkanes of at least 4 members (excludes halogenated alkanes) is 11. The van der Waals surface area contributed by atoms with Crippen molar-refractivity contribution < 1.29 is 102 Å². The molecule has 0 aliphatic heterocycles.